The molecule has 2 heteroatoms. The second-order valence-corrected chi connectivity index (χ2v) is 5.75. The quantitative estimate of drug-likeness (QED) is 0.434. The van der Waals surface area contributed by atoms with Crippen LogP contribution in [0.5, 0.6) is 0 Å². The second-order valence-electron chi connectivity index (χ2n) is 5.75. The molecular formula is C16H32O2. The molecule has 0 bridgehead atoms. The molecule has 0 spiro atoms. The van der Waals surface area contributed by atoms with Crippen molar-refractivity contribution in [3.05, 3.63) is 12.2 Å². The van der Waals surface area contributed by atoms with Gasteiger partial charge in [0.25, 0.3) is 0 Å². The Morgan fingerprint density at radius 1 is 1.11 bits per heavy atom. The van der Waals surface area contributed by atoms with Crippen molar-refractivity contribution in [3.63, 3.8) is 0 Å². The highest BCUT2D eigenvalue weighted by Gasteiger charge is 2.14. The maximum atomic E-state index is 9.42. The van der Waals surface area contributed by atoms with E-state index in [-0.39, 0.29) is 6.61 Å². The fourth-order valence-corrected chi connectivity index (χ4v) is 2.35. The molecule has 18 heavy (non-hydrogen) atoms. The summed E-state index contributed by atoms with van der Waals surface area (Å²) >= 11 is 0. The van der Waals surface area contributed by atoms with E-state index >= 15 is 0 Å². The van der Waals surface area contributed by atoms with E-state index in [2.05, 4.69) is 27.4 Å². The molecule has 0 aromatic rings. The number of hydrogen-bond donors (Lipinski definition) is 2. The summed E-state index contributed by atoms with van der Waals surface area (Å²) in [5.41, 5.74) is 0.772. The van der Waals surface area contributed by atoms with Crippen LogP contribution in [0.2, 0.25) is 0 Å². The highest BCUT2D eigenvalue weighted by molar-refractivity contribution is 5.01. The Bertz CT molecular complexity index is 211. The van der Waals surface area contributed by atoms with Gasteiger partial charge in [0.05, 0.1) is 12.7 Å². The SMILES string of the molecule is C=C(CCC[C@@H](CCCCC)C(C)C)[C@H](O)CO. The van der Waals surface area contributed by atoms with E-state index in [0.717, 1.165) is 30.3 Å². The van der Waals surface area contributed by atoms with Crippen LogP contribution in [-0.2, 0) is 0 Å². The molecule has 0 heterocycles. The van der Waals surface area contributed by atoms with Crippen LogP contribution in [0.15, 0.2) is 12.2 Å². The lowest BCUT2D eigenvalue weighted by Gasteiger charge is -2.21. The molecule has 2 nitrogen and oxygen atoms in total. The molecule has 0 rings (SSSR count). The molecule has 0 aliphatic carbocycles. The number of hydrogen-bond acceptors (Lipinski definition) is 2. The van der Waals surface area contributed by atoms with E-state index < -0.39 is 6.10 Å². The van der Waals surface area contributed by atoms with E-state index in [4.69, 9.17) is 5.11 Å². The van der Waals surface area contributed by atoms with Crippen LogP contribution in [0.3, 0.4) is 0 Å². The van der Waals surface area contributed by atoms with Crippen molar-refractivity contribution in [2.45, 2.75) is 71.8 Å². The molecular weight excluding hydrogens is 224 g/mol. The van der Waals surface area contributed by atoms with Gasteiger partial charge < -0.3 is 10.2 Å². The Balaban J connectivity index is 3.86. The monoisotopic (exact) mass is 256 g/mol. The van der Waals surface area contributed by atoms with Gasteiger partial charge in [0.2, 0.25) is 0 Å². The number of aliphatic hydroxyl groups is 2. The molecule has 0 fully saturated rings. The highest BCUT2D eigenvalue weighted by atomic mass is 16.3. The van der Waals surface area contributed by atoms with Crippen LogP contribution in [0.25, 0.3) is 0 Å². The first-order chi connectivity index (χ1) is 8.52. The first-order valence-corrected chi connectivity index (χ1v) is 7.49. The zero-order chi connectivity index (χ0) is 14.0. The lowest BCUT2D eigenvalue weighted by atomic mass is 9.85. The Labute approximate surface area is 113 Å². The summed E-state index contributed by atoms with van der Waals surface area (Å²) in [6.45, 7) is 10.5. The molecule has 0 amide bonds. The second kappa shape index (κ2) is 10.6. The lowest BCUT2D eigenvalue weighted by Crippen LogP contribution is -2.15. The van der Waals surface area contributed by atoms with Gasteiger partial charge in [0.15, 0.2) is 0 Å². The van der Waals surface area contributed by atoms with E-state index in [0.29, 0.717) is 0 Å². The summed E-state index contributed by atoms with van der Waals surface area (Å²) in [5, 5.41) is 18.3. The summed E-state index contributed by atoms with van der Waals surface area (Å²) in [4.78, 5) is 0. The minimum Gasteiger partial charge on any atom is -0.393 e. The third kappa shape index (κ3) is 7.88. The molecule has 0 aromatic carbocycles. The third-order valence-corrected chi connectivity index (χ3v) is 3.84. The first kappa shape index (κ1) is 17.7. The Morgan fingerprint density at radius 2 is 1.72 bits per heavy atom. The van der Waals surface area contributed by atoms with Crippen LogP contribution in [-0.4, -0.2) is 22.9 Å². The van der Waals surface area contributed by atoms with Crippen LogP contribution in [0, 0.1) is 11.8 Å². The minimum absolute atomic E-state index is 0.205. The van der Waals surface area contributed by atoms with Crippen molar-refractivity contribution in [3.8, 4) is 0 Å². The highest BCUT2D eigenvalue weighted by Crippen LogP contribution is 2.25. The lowest BCUT2D eigenvalue weighted by molar-refractivity contribution is 0.119. The Hall–Kier alpha value is -0.340. The molecule has 2 atom stereocenters. The van der Waals surface area contributed by atoms with Crippen LogP contribution in [0.1, 0.15) is 65.7 Å². The average Bonchev–Trinajstić information content (AvgIpc) is 2.35. The van der Waals surface area contributed by atoms with Gasteiger partial charge in [0, 0.05) is 0 Å². The molecule has 0 saturated carbocycles. The van der Waals surface area contributed by atoms with Crippen molar-refractivity contribution in [2.75, 3.05) is 6.61 Å². The van der Waals surface area contributed by atoms with Gasteiger partial charge >= 0.3 is 0 Å². The number of rotatable bonds is 11. The van der Waals surface area contributed by atoms with Crippen LogP contribution in [0.4, 0.5) is 0 Å². The predicted molar refractivity (Wildman–Crippen MR) is 78.6 cm³/mol. The molecule has 0 radical (unpaired) electrons. The van der Waals surface area contributed by atoms with Crippen LogP contribution < -0.4 is 0 Å². The van der Waals surface area contributed by atoms with E-state index in [9.17, 15) is 5.11 Å². The van der Waals surface area contributed by atoms with Gasteiger partial charge in [0.1, 0.15) is 0 Å². The fraction of sp³-hybridized carbons (Fsp3) is 0.875. The van der Waals surface area contributed by atoms with Gasteiger partial charge in [-0.3, -0.25) is 0 Å². The van der Waals surface area contributed by atoms with E-state index in [1.165, 1.54) is 32.1 Å². The molecule has 0 aliphatic heterocycles. The Morgan fingerprint density at radius 3 is 2.22 bits per heavy atom. The predicted octanol–water partition coefficient (Wildman–Crippen LogP) is 3.92. The van der Waals surface area contributed by atoms with Crippen molar-refractivity contribution in [2.24, 2.45) is 11.8 Å². The van der Waals surface area contributed by atoms with Gasteiger partial charge in [-0.1, -0.05) is 53.0 Å². The van der Waals surface area contributed by atoms with Gasteiger partial charge in [-0.2, -0.15) is 0 Å². The minimum atomic E-state index is -0.734. The van der Waals surface area contributed by atoms with Gasteiger partial charge in [-0.05, 0) is 36.7 Å². The largest absolute Gasteiger partial charge is 0.393 e. The fourth-order valence-electron chi connectivity index (χ4n) is 2.35. The average molecular weight is 256 g/mol. The summed E-state index contributed by atoms with van der Waals surface area (Å²) in [6.07, 6.45) is 7.65. The molecule has 0 aromatic heterocycles. The summed E-state index contributed by atoms with van der Waals surface area (Å²) in [7, 11) is 0. The van der Waals surface area contributed by atoms with Crippen molar-refractivity contribution in [1.82, 2.24) is 0 Å². The number of unbranched alkanes of at least 4 members (excludes halogenated alkanes) is 2. The smallest absolute Gasteiger partial charge is 0.0978 e. The van der Waals surface area contributed by atoms with Gasteiger partial charge in [-0.15, -0.1) is 0 Å². The standard InChI is InChI=1S/C16H32O2/c1-5-6-7-10-15(13(2)3)11-8-9-14(4)16(18)12-17/h13,15-18H,4-12H2,1-3H3/t15-,16-/m1/s1. The van der Waals surface area contributed by atoms with Crippen molar-refractivity contribution in [1.29, 1.82) is 0 Å². The molecule has 2 N–H and O–H groups in total. The van der Waals surface area contributed by atoms with Crippen LogP contribution >= 0.6 is 0 Å². The molecule has 0 unspecified atom stereocenters. The summed E-state index contributed by atoms with van der Waals surface area (Å²) in [6, 6.07) is 0. The molecule has 0 saturated heterocycles. The maximum absolute atomic E-state index is 9.42. The molecule has 0 aliphatic rings. The number of aliphatic hydroxyl groups excluding tert-OH is 2. The topological polar surface area (TPSA) is 40.5 Å². The third-order valence-electron chi connectivity index (χ3n) is 3.84. The zero-order valence-corrected chi connectivity index (χ0v) is 12.5. The van der Waals surface area contributed by atoms with Gasteiger partial charge in [-0.25, -0.2) is 0 Å². The normalized spacial score (nSPS) is 14.8. The van der Waals surface area contributed by atoms with E-state index in [1.54, 1.807) is 0 Å². The maximum Gasteiger partial charge on any atom is 0.0978 e. The first-order valence-electron chi connectivity index (χ1n) is 7.49. The summed E-state index contributed by atoms with van der Waals surface area (Å²) in [5.74, 6) is 1.52. The summed E-state index contributed by atoms with van der Waals surface area (Å²) < 4.78 is 0. The Kier molecular flexibility index (Phi) is 10.4. The van der Waals surface area contributed by atoms with E-state index in [1.807, 2.05) is 0 Å². The molecule has 108 valence electrons. The van der Waals surface area contributed by atoms with Crippen molar-refractivity contribution >= 4 is 0 Å². The zero-order valence-electron chi connectivity index (χ0n) is 12.5. The van der Waals surface area contributed by atoms with Crippen molar-refractivity contribution < 1.29 is 10.2 Å².